The van der Waals surface area contributed by atoms with E-state index in [2.05, 4.69) is 0 Å². The number of unbranched alkanes of at least 4 members (excludes halogenated alkanes) is 2. The molecule has 4 atom stereocenters. The van der Waals surface area contributed by atoms with Gasteiger partial charge < -0.3 is 24.8 Å². The number of hydrogen-bond acceptors (Lipinski definition) is 5. The predicted octanol–water partition coefficient (Wildman–Crippen LogP) is 1.97. The maximum Gasteiger partial charge on any atom is 0.186 e. The van der Waals surface area contributed by atoms with Crippen LogP contribution in [0.2, 0.25) is 0 Å². The summed E-state index contributed by atoms with van der Waals surface area (Å²) >= 11 is 0. The first-order chi connectivity index (χ1) is 10.7. The molecular weight excluding hydrogens is 284 g/mol. The zero-order valence-electron chi connectivity index (χ0n) is 13.5. The second kappa shape index (κ2) is 9.83. The van der Waals surface area contributed by atoms with Gasteiger partial charge in [-0.3, -0.25) is 0 Å². The summed E-state index contributed by atoms with van der Waals surface area (Å²) in [7, 11) is 0. The van der Waals surface area contributed by atoms with Crippen molar-refractivity contribution in [3.8, 4) is 0 Å². The molecule has 5 heteroatoms. The first kappa shape index (κ1) is 18.1. The van der Waals surface area contributed by atoms with Crippen LogP contribution in [0.25, 0.3) is 0 Å². The zero-order valence-corrected chi connectivity index (χ0v) is 13.5. The highest BCUT2D eigenvalue weighted by Crippen LogP contribution is 2.28. The first-order valence-electron chi connectivity index (χ1n) is 8.94. The van der Waals surface area contributed by atoms with Crippen molar-refractivity contribution in [2.75, 3.05) is 13.2 Å². The van der Waals surface area contributed by atoms with Gasteiger partial charge in [0.2, 0.25) is 0 Å². The van der Waals surface area contributed by atoms with Gasteiger partial charge >= 0.3 is 0 Å². The van der Waals surface area contributed by atoms with Crippen LogP contribution in [0.1, 0.15) is 64.2 Å². The Morgan fingerprint density at radius 2 is 1.77 bits per heavy atom. The van der Waals surface area contributed by atoms with E-state index in [1.54, 1.807) is 0 Å². The molecule has 0 radical (unpaired) electrons. The van der Waals surface area contributed by atoms with E-state index in [0.717, 1.165) is 18.8 Å². The minimum Gasteiger partial charge on any atom is -0.394 e. The molecule has 1 aliphatic carbocycles. The Kier molecular flexibility index (Phi) is 8.11. The summed E-state index contributed by atoms with van der Waals surface area (Å²) in [6, 6.07) is 0. The predicted molar refractivity (Wildman–Crippen MR) is 83.4 cm³/mol. The van der Waals surface area contributed by atoms with Gasteiger partial charge in [0.1, 0.15) is 6.10 Å². The maximum absolute atomic E-state index is 9.84. The fourth-order valence-electron chi connectivity index (χ4n) is 3.56. The molecule has 5 nitrogen and oxygen atoms in total. The van der Waals surface area contributed by atoms with E-state index in [4.69, 9.17) is 14.6 Å². The third-order valence-corrected chi connectivity index (χ3v) is 4.97. The lowest BCUT2D eigenvalue weighted by Crippen LogP contribution is -2.50. The van der Waals surface area contributed by atoms with Crippen molar-refractivity contribution in [2.45, 2.75) is 88.8 Å². The van der Waals surface area contributed by atoms with Crippen LogP contribution in [0.5, 0.6) is 0 Å². The molecule has 0 aromatic heterocycles. The van der Waals surface area contributed by atoms with Crippen LogP contribution in [-0.2, 0) is 9.47 Å². The fourth-order valence-corrected chi connectivity index (χ4v) is 3.56. The van der Waals surface area contributed by atoms with Gasteiger partial charge in [-0.05, 0) is 12.3 Å². The molecule has 2 aliphatic rings. The molecule has 0 unspecified atom stereocenters. The summed E-state index contributed by atoms with van der Waals surface area (Å²) in [6.45, 7) is 0.363. The molecule has 0 aromatic rings. The molecule has 0 aromatic carbocycles. The minimum absolute atomic E-state index is 0.162. The van der Waals surface area contributed by atoms with Gasteiger partial charge in [0.05, 0.1) is 18.8 Å². The van der Waals surface area contributed by atoms with E-state index in [1.165, 1.54) is 44.9 Å². The molecule has 1 aliphatic heterocycles. The topological polar surface area (TPSA) is 79.2 Å². The lowest BCUT2D eigenvalue weighted by atomic mass is 9.86. The lowest BCUT2D eigenvalue weighted by Gasteiger charge is -2.36. The quantitative estimate of drug-likeness (QED) is 0.597. The van der Waals surface area contributed by atoms with E-state index < -0.39 is 24.6 Å². The summed E-state index contributed by atoms with van der Waals surface area (Å²) in [5, 5.41) is 28.7. The maximum atomic E-state index is 9.84. The molecule has 2 rings (SSSR count). The average molecular weight is 316 g/mol. The molecule has 3 N–H and O–H groups in total. The highest BCUT2D eigenvalue weighted by atomic mass is 16.7. The lowest BCUT2D eigenvalue weighted by molar-refractivity contribution is -0.271. The summed E-state index contributed by atoms with van der Waals surface area (Å²) < 4.78 is 11.0. The second-order valence-corrected chi connectivity index (χ2v) is 6.83. The Hall–Kier alpha value is -0.200. The van der Waals surface area contributed by atoms with Crippen LogP contribution >= 0.6 is 0 Å². The van der Waals surface area contributed by atoms with Gasteiger partial charge in [-0.15, -0.1) is 0 Å². The van der Waals surface area contributed by atoms with Crippen LogP contribution < -0.4 is 0 Å². The van der Waals surface area contributed by atoms with Crippen molar-refractivity contribution in [1.82, 2.24) is 0 Å². The Balaban J connectivity index is 1.53. The summed E-state index contributed by atoms with van der Waals surface area (Å²) in [6.07, 6.45) is 8.73. The number of aliphatic hydroxyl groups is 3. The highest BCUT2D eigenvalue weighted by molar-refractivity contribution is 4.80. The van der Waals surface area contributed by atoms with E-state index in [1.807, 2.05) is 0 Å². The Bertz CT molecular complexity index is 293. The second-order valence-electron chi connectivity index (χ2n) is 6.83. The molecule has 22 heavy (non-hydrogen) atoms. The van der Waals surface area contributed by atoms with Crippen LogP contribution in [0.15, 0.2) is 0 Å². The number of aliphatic hydroxyl groups excluding tert-OH is 3. The third-order valence-electron chi connectivity index (χ3n) is 4.97. The van der Waals surface area contributed by atoms with Crippen molar-refractivity contribution in [2.24, 2.45) is 5.92 Å². The monoisotopic (exact) mass is 316 g/mol. The molecule has 0 bridgehead atoms. The van der Waals surface area contributed by atoms with Gasteiger partial charge in [0, 0.05) is 13.0 Å². The molecule has 1 heterocycles. The summed E-state index contributed by atoms with van der Waals surface area (Å²) in [4.78, 5) is 0. The Labute approximate surface area is 133 Å². The highest BCUT2D eigenvalue weighted by Gasteiger charge is 2.36. The zero-order chi connectivity index (χ0) is 15.8. The minimum atomic E-state index is -1.02. The van der Waals surface area contributed by atoms with Gasteiger partial charge in [0.15, 0.2) is 6.29 Å². The molecule has 130 valence electrons. The van der Waals surface area contributed by atoms with Crippen LogP contribution in [0.4, 0.5) is 0 Å². The first-order valence-corrected chi connectivity index (χ1v) is 8.94. The SMILES string of the molecule is OC[C@@H]1C[C@H](O)[C@@H](O)[C@H](OCCCCCC2CCCCC2)O1. The van der Waals surface area contributed by atoms with E-state index >= 15 is 0 Å². The number of hydrogen-bond donors (Lipinski definition) is 3. The van der Waals surface area contributed by atoms with Crippen molar-refractivity contribution < 1.29 is 24.8 Å². The van der Waals surface area contributed by atoms with Gasteiger partial charge in [-0.1, -0.05) is 51.4 Å². The Morgan fingerprint density at radius 3 is 2.50 bits per heavy atom. The van der Waals surface area contributed by atoms with Crippen molar-refractivity contribution in [3.05, 3.63) is 0 Å². The van der Waals surface area contributed by atoms with E-state index in [-0.39, 0.29) is 13.0 Å². The largest absolute Gasteiger partial charge is 0.394 e. The van der Waals surface area contributed by atoms with Gasteiger partial charge in [0.25, 0.3) is 0 Å². The average Bonchev–Trinajstić information content (AvgIpc) is 2.55. The Morgan fingerprint density at radius 1 is 1.00 bits per heavy atom. The van der Waals surface area contributed by atoms with Crippen LogP contribution in [-0.4, -0.2) is 53.1 Å². The smallest absolute Gasteiger partial charge is 0.186 e. The molecule has 1 saturated heterocycles. The molecule has 0 spiro atoms. The number of ether oxygens (including phenoxy) is 2. The standard InChI is InChI=1S/C17H32O5/c18-12-14-11-15(19)16(20)17(22-14)21-10-6-2-5-9-13-7-3-1-4-8-13/h13-20H,1-12H2/t14-,15-,16+,17+/m0/s1. The molecule has 0 amide bonds. The molecule has 2 fully saturated rings. The van der Waals surface area contributed by atoms with Gasteiger partial charge in [-0.2, -0.15) is 0 Å². The molecular formula is C17H32O5. The number of rotatable bonds is 8. The fraction of sp³-hybridized carbons (Fsp3) is 1.00. The normalized spacial score (nSPS) is 34.0. The summed E-state index contributed by atoms with van der Waals surface area (Å²) in [5.41, 5.74) is 0. The van der Waals surface area contributed by atoms with E-state index in [9.17, 15) is 10.2 Å². The van der Waals surface area contributed by atoms with Gasteiger partial charge in [-0.25, -0.2) is 0 Å². The van der Waals surface area contributed by atoms with Crippen molar-refractivity contribution >= 4 is 0 Å². The van der Waals surface area contributed by atoms with Crippen molar-refractivity contribution in [3.63, 3.8) is 0 Å². The van der Waals surface area contributed by atoms with Crippen molar-refractivity contribution in [1.29, 1.82) is 0 Å². The molecule has 1 saturated carbocycles. The van der Waals surface area contributed by atoms with Crippen LogP contribution in [0.3, 0.4) is 0 Å². The van der Waals surface area contributed by atoms with Crippen LogP contribution in [0, 0.1) is 5.92 Å². The summed E-state index contributed by atoms with van der Waals surface area (Å²) in [5.74, 6) is 0.929. The van der Waals surface area contributed by atoms with E-state index in [0.29, 0.717) is 6.61 Å². The third kappa shape index (κ3) is 5.78.